The van der Waals surface area contributed by atoms with Crippen molar-refractivity contribution < 1.29 is 9.13 Å². The van der Waals surface area contributed by atoms with Gasteiger partial charge in [0, 0.05) is 11.9 Å². The first-order chi connectivity index (χ1) is 8.17. The van der Waals surface area contributed by atoms with Crippen LogP contribution in [0.4, 0.5) is 4.39 Å². The maximum atomic E-state index is 13.1. The van der Waals surface area contributed by atoms with Gasteiger partial charge in [0.15, 0.2) is 0 Å². The van der Waals surface area contributed by atoms with Crippen LogP contribution < -0.4 is 0 Å². The van der Waals surface area contributed by atoms with Gasteiger partial charge < -0.3 is 4.74 Å². The van der Waals surface area contributed by atoms with E-state index in [-0.39, 0.29) is 11.9 Å². The highest BCUT2D eigenvalue weighted by molar-refractivity contribution is 9.09. The molecule has 0 aliphatic rings. The van der Waals surface area contributed by atoms with Crippen molar-refractivity contribution in [1.82, 2.24) is 0 Å². The molecule has 17 heavy (non-hydrogen) atoms. The van der Waals surface area contributed by atoms with Crippen LogP contribution in [0.3, 0.4) is 0 Å². The molecule has 3 heteroatoms. The molecule has 1 nitrogen and oxygen atoms in total. The van der Waals surface area contributed by atoms with Crippen molar-refractivity contribution >= 4 is 15.9 Å². The Balaban J connectivity index is 2.54. The molecular weight excluding hydrogens is 283 g/mol. The molecule has 0 amide bonds. The average molecular weight is 303 g/mol. The summed E-state index contributed by atoms with van der Waals surface area (Å²) in [5.74, 6) is 0.341. The van der Waals surface area contributed by atoms with Crippen LogP contribution in [0.25, 0.3) is 0 Å². The molecule has 0 fully saturated rings. The average Bonchev–Trinajstić information content (AvgIpc) is 2.30. The van der Waals surface area contributed by atoms with Crippen molar-refractivity contribution in [2.24, 2.45) is 5.92 Å². The van der Waals surface area contributed by atoms with Crippen molar-refractivity contribution in [2.45, 2.75) is 32.8 Å². The molecule has 0 aliphatic carbocycles. The number of hydrogen-bond acceptors (Lipinski definition) is 1. The summed E-state index contributed by atoms with van der Waals surface area (Å²) >= 11 is 3.42. The fourth-order valence-corrected chi connectivity index (χ4v) is 2.35. The zero-order valence-electron chi connectivity index (χ0n) is 10.5. The van der Waals surface area contributed by atoms with E-state index in [0.29, 0.717) is 11.2 Å². The number of halogens is 2. The molecule has 0 spiro atoms. The molecule has 0 aliphatic heterocycles. The zero-order chi connectivity index (χ0) is 12.7. The summed E-state index contributed by atoms with van der Waals surface area (Å²) in [6.07, 6.45) is 2.27. The Morgan fingerprint density at radius 3 is 2.76 bits per heavy atom. The maximum absolute atomic E-state index is 13.1. The third kappa shape index (κ3) is 5.17. The first-order valence-corrected chi connectivity index (χ1v) is 7.22. The van der Waals surface area contributed by atoms with E-state index in [9.17, 15) is 4.39 Å². The van der Waals surface area contributed by atoms with Crippen molar-refractivity contribution in [3.8, 4) is 0 Å². The summed E-state index contributed by atoms with van der Waals surface area (Å²) in [6, 6.07) is 6.61. The van der Waals surface area contributed by atoms with Gasteiger partial charge in [0.2, 0.25) is 0 Å². The molecule has 96 valence electrons. The lowest BCUT2D eigenvalue weighted by molar-refractivity contribution is 0.0447. The molecule has 0 radical (unpaired) electrons. The molecule has 0 aromatic heterocycles. The van der Waals surface area contributed by atoms with Crippen LogP contribution in [-0.4, -0.2) is 11.9 Å². The van der Waals surface area contributed by atoms with Crippen LogP contribution in [0.15, 0.2) is 24.3 Å². The lowest BCUT2D eigenvalue weighted by Crippen LogP contribution is -2.12. The van der Waals surface area contributed by atoms with E-state index in [1.165, 1.54) is 18.6 Å². The minimum absolute atomic E-state index is 0.0648. The predicted octanol–water partition coefficient (Wildman–Crippen LogP) is 4.71. The molecule has 2 unspecified atom stereocenters. The molecule has 0 N–H and O–H groups in total. The Labute approximate surface area is 111 Å². The van der Waals surface area contributed by atoms with E-state index in [0.717, 1.165) is 18.6 Å². The molecule has 0 saturated heterocycles. The molecule has 0 bridgehead atoms. The fraction of sp³-hybridized carbons (Fsp3) is 0.571. The third-order valence-electron chi connectivity index (χ3n) is 2.72. The van der Waals surface area contributed by atoms with Crippen LogP contribution in [-0.2, 0) is 4.74 Å². The molecular formula is C14H20BrFO. The third-order valence-corrected chi connectivity index (χ3v) is 3.31. The van der Waals surface area contributed by atoms with Gasteiger partial charge in [-0.15, -0.1) is 0 Å². The monoisotopic (exact) mass is 302 g/mol. The lowest BCUT2D eigenvalue weighted by Gasteiger charge is -2.18. The van der Waals surface area contributed by atoms with E-state index in [4.69, 9.17) is 4.74 Å². The van der Waals surface area contributed by atoms with Gasteiger partial charge in [-0.1, -0.05) is 48.3 Å². The number of ether oxygens (including phenoxy) is 1. The standard InChI is InChI=1S/C14H20BrFO/c1-3-5-11(2)10-17-14(9-15)12-6-4-7-13(16)8-12/h4,6-8,11,14H,3,5,9-10H2,1-2H3. The second-order valence-electron chi connectivity index (χ2n) is 4.43. The van der Waals surface area contributed by atoms with Gasteiger partial charge in [0.1, 0.15) is 5.82 Å². The van der Waals surface area contributed by atoms with Crippen LogP contribution in [0.5, 0.6) is 0 Å². The van der Waals surface area contributed by atoms with E-state index < -0.39 is 0 Å². The highest BCUT2D eigenvalue weighted by atomic mass is 79.9. The maximum Gasteiger partial charge on any atom is 0.123 e. The van der Waals surface area contributed by atoms with Crippen molar-refractivity contribution in [3.63, 3.8) is 0 Å². The molecule has 1 aromatic rings. The van der Waals surface area contributed by atoms with Gasteiger partial charge >= 0.3 is 0 Å². The second kappa shape index (κ2) is 7.83. The Hall–Kier alpha value is -0.410. The quantitative estimate of drug-likeness (QED) is 0.663. The van der Waals surface area contributed by atoms with Gasteiger partial charge in [0.25, 0.3) is 0 Å². The largest absolute Gasteiger partial charge is 0.372 e. The predicted molar refractivity (Wildman–Crippen MR) is 73.0 cm³/mol. The van der Waals surface area contributed by atoms with Crippen molar-refractivity contribution in [1.29, 1.82) is 0 Å². The second-order valence-corrected chi connectivity index (χ2v) is 5.07. The highest BCUT2D eigenvalue weighted by Crippen LogP contribution is 2.22. The van der Waals surface area contributed by atoms with Crippen molar-refractivity contribution in [3.05, 3.63) is 35.6 Å². The highest BCUT2D eigenvalue weighted by Gasteiger charge is 2.12. The summed E-state index contributed by atoms with van der Waals surface area (Å²) in [5.41, 5.74) is 0.894. The summed E-state index contributed by atoms with van der Waals surface area (Å²) < 4.78 is 18.9. The normalized spacial score (nSPS) is 14.6. The smallest absolute Gasteiger partial charge is 0.123 e. The van der Waals surface area contributed by atoms with Gasteiger partial charge in [-0.25, -0.2) is 4.39 Å². The lowest BCUT2D eigenvalue weighted by atomic mass is 10.1. The minimum atomic E-state index is -0.210. The summed E-state index contributed by atoms with van der Waals surface area (Å²) in [7, 11) is 0. The topological polar surface area (TPSA) is 9.23 Å². The van der Waals surface area contributed by atoms with E-state index >= 15 is 0 Å². The fourth-order valence-electron chi connectivity index (χ4n) is 1.79. The number of alkyl halides is 1. The number of hydrogen-bond donors (Lipinski definition) is 0. The molecule has 0 heterocycles. The van der Waals surface area contributed by atoms with Crippen LogP contribution >= 0.6 is 15.9 Å². The summed E-state index contributed by atoms with van der Waals surface area (Å²) in [4.78, 5) is 0. The van der Waals surface area contributed by atoms with Crippen LogP contribution in [0.2, 0.25) is 0 Å². The Bertz CT molecular complexity index is 330. The molecule has 2 atom stereocenters. The van der Waals surface area contributed by atoms with E-state index in [1.54, 1.807) is 6.07 Å². The van der Waals surface area contributed by atoms with E-state index in [1.807, 2.05) is 6.07 Å². The zero-order valence-corrected chi connectivity index (χ0v) is 12.0. The van der Waals surface area contributed by atoms with Crippen LogP contribution in [0, 0.1) is 11.7 Å². The van der Waals surface area contributed by atoms with E-state index in [2.05, 4.69) is 29.8 Å². The Morgan fingerprint density at radius 2 is 2.18 bits per heavy atom. The van der Waals surface area contributed by atoms with Gasteiger partial charge in [-0.05, 0) is 30.0 Å². The SMILES string of the molecule is CCCC(C)COC(CBr)c1cccc(F)c1. The Kier molecular flexibility index (Phi) is 6.75. The minimum Gasteiger partial charge on any atom is -0.372 e. The summed E-state index contributed by atoms with van der Waals surface area (Å²) in [5, 5.41) is 0.690. The van der Waals surface area contributed by atoms with Crippen LogP contribution in [0.1, 0.15) is 38.4 Å². The first-order valence-electron chi connectivity index (χ1n) is 6.10. The van der Waals surface area contributed by atoms with Gasteiger partial charge in [-0.3, -0.25) is 0 Å². The molecule has 1 rings (SSSR count). The van der Waals surface area contributed by atoms with Gasteiger partial charge in [0.05, 0.1) is 6.10 Å². The van der Waals surface area contributed by atoms with Crippen molar-refractivity contribution in [2.75, 3.05) is 11.9 Å². The first kappa shape index (κ1) is 14.7. The number of benzene rings is 1. The molecule has 1 aromatic carbocycles. The van der Waals surface area contributed by atoms with Gasteiger partial charge in [-0.2, -0.15) is 0 Å². The Morgan fingerprint density at radius 1 is 1.41 bits per heavy atom. The number of rotatable bonds is 7. The summed E-state index contributed by atoms with van der Waals surface area (Å²) in [6.45, 7) is 5.08. The molecule has 0 saturated carbocycles.